The normalized spacial score (nSPS) is 11.1. The standard InChI is InChI=1S/C25H21ClN4O2/c1-31-23-8-7-16(10-24(23)32-2)18-9-20-21(13-28-25(20)27-11-18)19-12-29-30(15-19)14-17-5-3-4-6-22(17)26/h3-13,15H,14H2,1-2H3,(H,27,28). The second-order valence-electron chi connectivity index (χ2n) is 7.41. The number of rotatable bonds is 6. The summed E-state index contributed by atoms with van der Waals surface area (Å²) < 4.78 is 12.7. The average molecular weight is 445 g/mol. The fourth-order valence-corrected chi connectivity index (χ4v) is 4.00. The third-order valence-electron chi connectivity index (χ3n) is 5.48. The molecule has 5 rings (SSSR count). The molecule has 0 unspecified atom stereocenters. The fraction of sp³-hybridized carbons (Fsp3) is 0.120. The van der Waals surface area contributed by atoms with Crippen LogP contribution < -0.4 is 9.47 Å². The molecule has 0 amide bonds. The van der Waals surface area contributed by atoms with Crippen LogP contribution in [-0.4, -0.2) is 34.0 Å². The first-order valence-electron chi connectivity index (χ1n) is 10.1. The molecule has 32 heavy (non-hydrogen) atoms. The number of fused-ring (bicyclic) bond motifs is 1. The summed E-state index contributed by atoms with van der Waals surface area (Å²) in [5.74, 6) is 1.37. The maximum atomic E-state index is 6.30. The van der Waals surface area contributed by atoms with E-state index in [1.807, 2.05) is 71.9 Å². The summed E-state index contributed by atoms with van der Waals surface area (Å²) in [7, 11) is 3.26. The Hall–Kier alpha value is -3.77. The van der Waals surface area contributed by atoms with E-state index in [9.17, 15) is 0 Å². The number of ether oxygens (including phenoxy) is 2. The number of nitrogens with zero attached hydrogens (tertiary/aromatic N) is 3. The quantitative estimate of drug-likeness (QED) is 0.359. The van der Waals surface area contributed by atoms with Gasteiger partial charge in [-0.2, -0.15) is 5.10 Å². The van der Waals surface area contributed by atoms with Gasteiger partial charge in [-0.15, -0.1) is 0 Å². The van der Waals surface area contributed by atoms with Crippen LogP contribution in [0.15, 0.2) is 73.3 Å². The Morgan fingerprint density at radius 3 is 2.59 bits per heavy atom. The lowest BCUT2D eigenvalue weighted by molar-refractivity contribution is 0.355. The van der Waals surface area contributed by atoms with Crippen LogP contribution in [0, 0.1) is 0 Å². The lowest BCUT2D eigenvalue weighted by Gasteiger charge is -2.09. The maximum absolute atomic E-state index is 6.30. The fourth-order valence-electron chi connectivity index (χ4n) is 3.81. The van der Waals surface area contributed by atoms with Gasteiger partial charge in [-0.05, 0) is 35.4 Å². The van der Waals surface area contributed by atoms with E-state index in [4.69, 9.17) is 21.1 Å². The second-order valence-corrected chi connectivity index (χ2v) is 7.82. The number of hydrogen-bond acceptors (Lipinski definition) is 4. The Labute approximate surface area is 190 Å². The first-order chi connectivity index (χ1) is 15.7. The molecule has 0 fully saturated rings. The lowest BCUT2D eigenvalue weighted by Crippen LogP contribution is -2.00. The van der Waals surface area contributed by atoms with Crippen molar-refractivity contribution in [2.75, 3.05) is 14.2 Å². The molecule has 0 saturated carbocycles. The molecule has 1 N–H and O–H groups in total. The maximum Gasteiger partial charge on any atom is 0.161 e. The van der Waals surface area contributed by atoms with Gasteiger partial charge in [-0.3, -0.25) is 4.68 Å². The van der Waals surface area contributed by atoms with Crippen LogP contribution in [0.1, 0.15) is 5.56 Å². The Bertz CT molecular complexity index is 1410. The number of nitrogens with one attached hydrogen (secondary N) is 1. The Morgan fingerprint density at radius 2 is 1.78 bits per heavy atom. The topological polar surface area (TPSA) is 65.0 Å². The van der Waals surface area contributed by atoms with E-state index in [1.54, 1.807) is 14.2 Å². The van der Waals surface area contributed by atoms with E-state index in [2.05, 4.69) is 21.1 Å². The zero-order chi connectivity index (χ0) is 22.1. The highest BCUT2D eigenvalue weighted by Crippen LogP contribution is 2.35. The van der Waals surface area contributed by atoms with E-state index in [0.29, 0.717) is 18.0 Å². The molecule has 6 nitrogen and oxygen atoms in total. The summed E-state index contributed by atoms with van der Waals surface area (Å²) in [6, 6.07) is 15.8. The molecule has 0 spiro atoms. The number of pyridine rings is 1. The number of aromatic amines is 1. The van der Waals surface area contributed by atoms with Gasteiger partial charge in [0.25, 0.3) is 0 Å². The van der Waals surface area contributed by atoms with Crippen molar-refractivity contribution in [1.29, 1.82) is 0 Å². The van der Waals surface area contributed by atoms with E-state index in [0.717, 1.165) is 43.9 Å². The van der Waals surface area contributed by atoms with Crippen molar-refractivity contribution in [3.05, 3.63) is 83.9 Å². The van der Waals surface area contributed by atoms with E-state index >= 15 is 0 Å². The molecule has 0 aliphatic rings. The summed E-state index contributed by atoms with van der Waals surface area (Å²) in [6.45, 7) is 0.608. The summed E-state index contributed by atoms with van der Waals surface area (Å²) in [5, 5.41) is 6.29. The molecule has 0 bridgehead atoms. The minimum atomic E-state index is 0.608. The molecule has 0 radical (unpaired) electrons. The van der Waals surface area contributed by atoms with Crippen LogP contribution in [0.4, 0.5) is 0 Å². The Balaban J connectivity index is 1.50. The first-order valence-corrected chi connectivity index (χ1v) is 10.5. The number of benzene rings is 2. The third-order valence-corrected chi connectivity index (χ3v) is 5.85. The van der Waals surface area contributed by atoms with E-state index in [1.165, 1.54) is 0 Å². The van der Waals surface area contributed by atoms with Crippen molar-refractivity contribution in [3.63, 3.8) is 0 Å². The Kier molecular flexibility index (Phi) is 5.29. The highest BCUT2D eigenvalue weighted by Gasteiger charge is 2.13. The molecule has 0 aliphatic heterocycles. The van der Waals surface area contributed by atoms with Crippen LogP contribution in [0.2, 0.25) is 5.02 Å². The number of aromatic nitrogens is 4. The molecular formula is C25H21ClN4O2. The SMILES string of the molecule is COc1ccc(-c2cnc3[nH]cc(-c4cnn(Cc5ccccc5Cl)c4)c3c2)cc1OC. The molecule has 7 heteroatoms. The summed E-state index contributed by atoms with van der Waals surface area (Å²) >= 11 is 6.30. The third kappa shape index (κ3) is 3.69. The molecular weight excluding hydrogens is 424 g/mol. The minimum absolute atomic E-state index is 0.608. The predicted molar refractivity (Wildman–Crippen MR) is 126 cm³/mol. The number of hydrogen-bond donors (Lipinski definition) is 1. The van der Waals surface area contributed by atoms with Gasteiger partial charge >= 0.3 is 0 Å². The number of halogens is 1. The Morgan fingerprint density at radius 1 is 0.938 bits per heavy atom. The van der Waals surface area contributed by atoms with Crippen molar-refractivity contribution in [2.45, 2.75) is 6.54 Å². The van der Waals surface area contributed by atoms with Gasteiger partial charge in [0.05, 0.1) is 27.0 Å². The largest absolute Gasteiger partial charge is 0.493 e. The first kappa shape index (κ1) is 20.2. The molecule has 0 saturated heterocycles. The minimum Gasteiger partial charge on any atom is -0.493 e. The van der Waals surface area contributed by atoms with Crippen LogP contribution in [0.25, 0.3) is 33.3 Å². The van der Waals surface area contributed by atoms with Gasteiger partial charge in [0.2, 0.25) is 0 Å². The van der Waals surface area contributed by atoms with Crippen LogP contribution >= 0.6 is 11.6 Å². The summed E-state index contributed by atoms with van der Waals surface area (Å²) in [4.78, 5) is 7.88. The second kappa shape index (κ2) is 8.40. The van der Waals surface area contributed by atoms with E-state index in [-0.39, 0.29) is 0 Å². The van der Waals surface area contributed by atoms with E-state index < -0.39 is 0 Å². The van der Waals surface area contributed by atoms with Gasteiger partial charge in [-0.25, -0.2) is 4.98 Å². The molecule has 0 atom stereocenters. The van der Waals surface area contributed by atoms with Gasteiger partial charge in [-0.1, -0.05) is 35.9 Å². The number of methoxy groups -OCH3 is 2. The molecule has 3 heterocycles. The molecule has 160 valence electrons. The molecule has 5 aromatic rings. The van der Waals surface area contributed by atoms with Gasteiger partial charge in [0.15, 0.2) is 11.5 Å². The zero-order valence-electron chi connectivity index (χ0n) is 17.7. The average Bonchev–Trinajstić information content (AvgIpc) is 3.46. The number of H-pyrrole nitrogens is 1. The van der Waals surface area contributed by atoms with Crippen molar-refractivity contribution in [1.82, 2.24) is 19.7 Å². The summed E-state index contributed by atoms with van der Waals surface area (Å²) in [5.41, 5.74) is 5.89. The molecule has 0 aliphatic carbocycles. The highest BCUT2D eigenvalue weighted by atomic mass is 35.5. The predicted octanol–water partition coefficient (Wildman–Crippen LogP) is 5.81. The smallest absolute Gasteiger partial charge is 0.161 e. The van der Waals surface area contributed by atoms with Crippen LogP contribution in [0.5, 0.6) is 11.5 Å². The molecule has 2 aromatic carbocycles. The van der Waals surface area contributed by atoms with Crippen LogP contribution in [0.3, 0.4) is 0 Å². The summed E-state index contributed by atoms with van der Waals surface area (Å²) in [6.07, 6.45) is 7.70. The van der Waals surface area contributed by atoms with Crippen molar-refractivity contribution in [3.8, 4) is 33.8 Å². The van der Waals surface area contributed by atoms with Gasteiger partial charge in [0.1, 0.15) is 5.65 Å². The van der Waals surface area contributed by atoms with Crippen LogP contribution in [-0.2, 0) is 6.54 Å². The van der Waals surface area contributed by atoms with Crippen molar-refractivity contribution < 1.29 is 9.47 Å². The monoisotopic (exact) mass is 444 g/mol. The zero-order valence-corrected chi connectivity index (χ0v) is 18.4. The lowest BCUT2D eigenvalue weighted by atomic mass is 10.0. The van der Waals surface area contributed by atoms with Gasteiger partial charge < -0.3 is 14.5 Å². The van der Waals surface area contributed by atoms with Gasteiger partial charge in [0, 0.05) is 45.7 Å². The molecule has 3 aromatic heterocycles. The highest BCUT2D eigenvalue weighted by molar-refractivity contribution is 6.31. The van der Waals surface area contributed by atoms with Crippen molar-refractivity contribution in [2.24, 2.45) is 0 Å². The van der Waals surface area contributed by atoms with Crippen molar-refractivity contribution >= 4 is 22.6 Å².